The van der Waals surface area contributed by atoms with Gasteiger partial charge in [0.15, 0.2) is 0 Å². The molecule has 0 spiro atoms. The molecule has 1 aromatic carbocycles. The first-order chi connectivity index (χ1) is 7.69. The Morgan fingerprint density at radius 2 is 2.31 bits per heavy atom. The maximum atomic E-state index is 11.3. The van der Waals surface area contributed by atoms with Gasteiger partial charge in [0.05, 0.1) is 12.7 Å². The number of methoxy groups -OCH3 is 1. The number of hydrogen-bond acceptors (Lipinski definition) is 3. The van der Waals surface area contributed by atoms with Crippen molar-refractivity contribution in [2.75, 3.05) is 18.7 Å². The molecule has 1 aromatic rings. The second-order valence-corrected chi connectivity index (χ2v) is 3.60. The van der Waals surface area contributed by atoms with Crippen LogP contribution in [-0.2, 0) is 4.74 Å². The molecule has 0 aliphatic rings. The van der Waals surface area contributed by atoms with Gasteiger partial charge in [0.1, 0.15) is 0 Å². The standard InChI is InChI=1S/C12H14ClNO2/c1-16-12(15)10-6-5-9(8-11(10)14)4-2-3-7-13/h2,4-6,8H,3,7,14H2,1H3. The van der Waals surface area contributed by atoms with Gasteiger partial charge in [0.2, 0.25) is 0 Å². The zero-order valence-electron chi connectivity index (χ0n) is 9.07. The monoisotopic (exact) mass is 239 g/mol. The van der Waals surface area contributed by atoms with Gasteiger partial charge in [-0.1, -0.05) is 18.2 Å². The summed E-state index contributed by atoms with van der Waals surface area (Å²) in [5.41, 5.74) is 7.48. The van der Waals surface area contributed by atoms with Gasteiger partial charge in [-0.3, -0.25) is 0 Å². The van der Waals surface area contributed by atoms with E-state index in [2.05, 4.69) is 4.74 Å². The van der Waals surface area contributed by atoms with E-state index in [4.69, 9.17) is 17.3 Å². The summed E-state index contributed by atoms with van der Waals surface area (Å²) >= 11 is 5.55. The maximum absolute atomic E-state index is 11.3. The number of alkyl halides is 1. The van der Waals surface area contributed by atoms with Crippen molar-refractivity contribution in [1.82, 2.24) is 0 Å². The molecule has 0 radical (unpaired) electrons. The van der Waals surface area contributed by atoms with Crippen LogP contribution in [0.4, 0.5) is 5.69 Å². The second-order valence-electron chi connectivity index (χ2n) is 3.22. The minimum absolute atomic E-state index is 0.386. The van der Waals surface area contributed by atoms with E-state index < -0.39 is 5.97 Å². The minimum Gasteiger partial charge on any atom is -0.465 e. The molecule has 86 valence electrons. The molecule has 3 nitrogen and oxygen atoms in total. The molecule has 0 atom stereocenters. The van der Waals surface area contributed by atoms with E-state index in [9.17, 15) is 4.79 Å². The van der Waals surface area contributed by atoms with Crippen LogP contribution in [-0.4, -0.2) is 19.0 Å². The Hall–Kier alpha value is -1.48. The highest BCUT2D eigenvalue weighted by Gasteiger charge is 2.08. The highest BCUT2D eigenvalue weighted by molar-refractivity contribution is 6.17. The van der Waals surface area contributed by atoms with Crippen molar-refractivity contribution in [3.8, 4) is 0 Å². The third kappa shape index (κ3) is 3.28. The molecule has 0 bridgehead atoms. The summed E-state index contributed by atoms with van der Waals surface area (Å²) in [5, 5.41) is 0. The lowest BCUT2D eigenvalue weighted by molar-refractivity contribution is 0.0602. The van der Waals surface area contributed by atoms with E-state index in [0.29, 0.717) is 17.1 Å². The van der Waals surface area contributed by atoms with Gasteiger partial charge in [0.25, 0.3) is 0 Å². The molecule has 0 saturated carbocycles. The number of rotatable bonds is 4. The van der Waals surface area contributed by atoms with Crippen molar-refractivity contribution >= 4 is 29.3 Å². The van der Waals surface area contributed by atoms with Crippen LogP contribution in [0.3, 0.4) is 0 Å². The molecule has 0 heterocycles. The van der Waals surface area contributed by atoms with Gasteiger partial charge in [-0.25, -0.2) is 4.79 Å². The topological polar surface area (TPSA) is 52.3 Å². The van der Waals surface area contributed by atoms with Crippen molar-refractivity contribution < 1.29 is 9.53 Å². The lowest BCUT2D eigenvalue weighted by Crippen LogP contribution is -2.05. The summed E-state index contributed by atoms with van der Waals surface area (Å²) in [4.78, 5) is 11.3. The Morgan fingerprint density at radius 3 is 2.88 bits per heavy atom. The van der Waals surface area contributed by atoms with E-state index in [1.165, 1.54) is 7.11 Å². The van der Waals surface area contributed by atoms with Gasteiger partial charge < -0.3 is 10.5 Å². The van der Waals surface area contributed by atoms with Crippen LogP contribution in [0.2, 0.25) is 0 Å². The van der Waals surface area contributed by atoms with Crippen molar-refractivity contribution in [1.29, 1.82) is 0 Å². The molecule has 16 heavy (non-hydrogen) atoms. The number of carbonyl (C=O) groups excluding carboxylic acids is 1. The second kappa shape index (κ2) is 6.18. The lowest BCUT2D eigenvalue weighted by Gasteiger charge is -2.04. The van der Waals surface area contributed by atoms with Crippen LogP contribution in [0.1, 0.15) is 22.3 Å². The van der Waals surface area contributed by atoms with Crippen molar-refractivity contribution in [3.63, 3.8) is 0 Å². The number of allylic oxidation sites excluding steroid dienone is 1. The Labute approximate surface area is 99.8 Å². The molecule has 0 saturated heterocycles. The van der Waals surface area contributed by atoms with Gasteiger partial charge in [-0.15, -0.1) is 11.6 Å². The molecule has 4 heteroatoms. The lowest BCUT2D eigenvalue weighted by atomic mass is 10.1. The highest BCUT2D eigenvalue weighted by atomic mass is 35.5. The summed E-state index contributed by atoms with van der Waals surface area (Å²) in [6.45, 7) is 0. The van der Waals surface area contributed by atoms with Crippen LogP contribution in [0.25, 0.3) is 6.08 Å². The molecule has 0 aliphatic heterocycles. The average molecular weight is 240 g/mol. The third-order valence-electron chi connectivity index (χ3n) is 2.07. The van der Waals surface area contributed by atoms with Gasteiger partial charge in [0, 0.05) is 11.6 Å². The van der Waals surface area contributed by atoms with Gasteiger partial charge in [-0.2, -0.15) is 0 Å². The smallest absolute Gasteiger partial charge is 0.339 e. The first kappa shape index (κ1) is 12.6. The molecule has 0 fully saturated rings. The van der Waals surface area contributed by atoms with E-state index in [0.717, 1.165) is 12.0 Å². The maximum Gasteiger partial charge on any atom is 0.339 e. The van der Waals surface area contributed by atoms with E-state index in [1.54, 1.807) is 12.1 Å². The number of hydrogen-bond donors (Lipinski definition) is 1. The molecule has 2 N–H and O–H groups in total. The molecule has 0 aromatic heterocycles. The number of ether oxygens (including phenoxy) is 1. The fourth-order valence-electron chi connectivity index (χ4n) is 1.26. The zero-order chi connectivity index (χ0) is 12.0. The van der Waals surface area contributed by atoms with Crippen molar-refractivity contribution in [2.45, 2.75) is 6.42 Å². The summed E-state index contributed by atoms with van der Waals surface area (Å²) in [5.74, 6) is 0.167. The molecule has 0 amide bonds. The fourth-order valence-corrected chi connectivity index (χ4v) is 1.39. The summed E-state index contributed by atoms with van der Waals surface area (Å²) in [7, 11) is 1.33. The van der Waals surface area contributed by atoms with Crippen molar-refractivity contribution in [2.24, 2.45) is 0 Å². The number of anilines is 1. The fraction of sp³-hybridized carbons (Fsp3) is 0.250. The molecular weight excluding hydrogens is 226 g/mol. The highest BCUT2D eigenvalue weighted by Crippen LogP contribution is 2.16. The number of carbonyl (C=O) groups is 1. The largest absolute Gasteiger partial charge is 0.465 e. The van der Waals surface area contributed by atoms with Crippen LogP contribution < -0.4 is 5.73 Å². The molecule has 1 rings (SSSR count). The summed E-state index contributed by atoms with van der Waals surface area (Å²) in [6, 6.07) is 5.20. The van der Waals surface area contributed by atoms with E-state index >= 15 is 0 Å². The zero-order valence-corrected chi connectivity index (χ0v) is 9.83. The van der Waals surface area contributed by atoms with Gasteiger partial charge >= 0.3 is 5.97 Å². The Bertz CT molecular complexity index is 402. The van der Waals surface area contributed by atoms with Gasteiger partial charge in [-0.05, 0) is 24.1 Å². The van der Waals surface area contributed by atoms with Crippen molar-refractivity contribution in [3.05, 3.63) is 35.4 Å². The third-order valence-corrected chi connectivity index (χ3v) is 2.29. The first-order valence-corrected chi connectivity index (χ1v) is 5.43. The number of halogens is 1. The summed E-state index contributed by atoms with van der Waals surface area (Å²) in [6.07, 6.45) is 4.68. The predicted octanol–water partition coefficient (Wildman–Crippen LogP) is 2.70. The number of nitrogens with two attached hydrogens (primary N) is 1. The van der Waals surface area contributed by atoms with E-state index in [-0.39, 0.29) is 0 Å². The quantitative estimate of drug-likeness (QED) is 0.499. The van der Waals surface area contributed by atoms with E-state index in [1.807, 2.05) is 18.2 Å². The number of esters is 1. The average Bonchev–Trinajstić information content (AvgIpc) is 2.29. The number of benzene rings is 1. The van der Waals surface area contributed by atoms with Crippen LogP contribution >= 0.6 is 11.6 Å². The minimum atomic E-state index is -0.422. The normalized spacial score (nSPS) is 10.6. The van der Waals surface area contributed by atoms with Crippen LogP contribution in [0.15, 0.2) is 24.3 Å². The first-order valence-electron chi connectivity index (χ1n) is 4.89. The Balaban J connectivity index is 2.86. The molecule has 0 unspecified atom stereocenters. The SMILES string of the molecule is COC(=O)c1ccc(C=CCCCl)cc1N. The summed E-state index contributed by atoms with van der Waals surface area (Å²) < 4.78 is 4.60. The Morgan fingerprint density at radius 1 is 1.56 bits per heavy atom. The molecular formula is C12H14ClNO2. The number of nitrogen functional groups attached to an aromatic ring is 1. The van der Waals surface area contributed by atoms with Crippen LogP contribution in [0.5, 0.6) is 0 Å². The Kier molecular flexibility index (Phi) is 4.86. The predicted molar refractivity (Wildman–Crippen MR) is 66.6 cm³/mol. The van der Waals surface area contributed by atoms with Crippen LogP contribution in [0, 0.1) is 0 Å². The molecule has 0 aliphatic carbocycles.